The van der Waals surface area contributed by atoms with E-state index in [-0.39, 0.29) is 30.4 Å². The summed E-state index contributed by atoms with van der Waals surface area (Å²) in [5.41, 5.74) is 0.935. The molecular weight excluding hydrogens is 444 g/mol. The first-order valence-electron chi connectivity index (χ1n) is 10.8. The number of likely N-dealkylation sites (tertiary alicyclic amines) is 1. The highest BCUT2D eigenvalue weighted by Crippen LogP contribution is 2.25. The lowest BCUT2D eigenvalue weighted by molar-refractivity contribution is -0.106. The summed E-state index contributed by atoms with van der Waals surface area (Å²) in [6.07, 6.45) is 2.83. The number of rotatable bonds is 7. The number of benzene rings is 2. The lowest BCUT2D eigenvalue weighted by Gasteiger charge is -2.31. The van der Waals surface area contributed by atoms with Crippen molar-refractivity contribution in [3.05, 3.63) is 72.4 Å². The zero-order chi connectivity index (χ0) is 23.9. The Kier molecular flexibility index (Phi) is 7.26. The molecule has 1 fully saturated rings. The fourth-order valence-electron chi connectivity index (χ4n) is 3.64. The predicted molar refractivity (Wildman–Crippen MR) is 122 cm³/mol. The van der Waals surface area contributed by atoms with Crippen molar-refractivity contribution in [3.8, 4) is 5.88 Å². The maximum absolute atomic E-state index is 14.3. The van der Waals surface area contributed by atoms with Gasteiger partial charge in [0.2, 0.25) is 18.2 Å². The average Bonchev–Trinajstić information content (AvgIpc) is 2.85. The quantitative estimate of drug-likeness (QED) is 0.522. The van der Waals surface area contributed by atoms with Gasteiger partial charge in [0.25, 0.3) is 5.88 Å². The molecule has 34 heavy (non-hydrogen) atoms. The molecule has 3 amide bonds. The smallest absolute Gasteiger partial charge is 0.321 e. The molecule has 0 radical (unpaired) electrons. The van der Waals surface area contributed by atoms with Crippen molar-refractivity contribution in [2.75, 3.05) is 29.9 Å². The van der Waals surface area contributed by atoms with Crippen LogP contribution in [0.4, 0.5) is 30.9 Å². The summed E-state index contributed by atoms with van der Waals surface area (Å²) in [5.74, 6) is -1.30. The van der Waals surface area contributed by atoms with Crippen LogP contribution in [0, 0.1) is 17.6 Å². The number of amides is 3. The van der Waals surface area contributed by atoms with E-state index in [1.807, 2.05) is 6.07 Å². The van der Waals surface area contributed by atoms with Gasteiger partial charge in [-0.25, -0.2) is 14.2 Å². The Morgan fingerprint density at radius 1 is 1.15 bits per heavy atom. The molecule has 0 spiro atoms. The van der Waals surface area contributed by atoms with Gasteiger partial charge < -0.3 is 15.0 Å². The monoisotopic (exact) mass is 467 g/mol. The van der Waals surface area contributed by atoms with E-state index in [9.17, 15) is 18.4 Å². The predicted octanol–water partition coefficient (Wildman–Crippen LogP) is 4.37. The molecule has 1 aliphatic rings. The highest BCUT2D eigenvalue weighted by Gasteiger charge is 2.24. The van der Waals surface area contributed by atoms with Crippen LogP contribution in [0.1, 0.15) is 12.8 Å². The summed E-state index contributed by atoms with van der Waals surface area (Å²) in [6, 6.07) is 14.2. The van der Waals surface area contributed by atoms with Crippen LogP contribution in [0.3, 0.4) is 0 Å². The van der Waals surface area contributed by atoms with Crippen LogP contribution in [0.25, 0.3) is 0 Å². The number of piperidine rings is 1. The zero-order valence-electron chi connectivity index (χ0n) is 18.2. The van der Waals surface area contributed by atoms with Gasteiger partial charge in [-0.15, -0.1) is 0 Å². The van der Waals surface area contributed by atoms with Crippen LogP contribution < -0.4 is 15.0 Å². The van der Waals surface area contributed by atoms with E-state index in [1.165, 1.54) is 23.1 Å². The Hall–Kier alpha value is -4.08. The van der Waals surface area contributed by atoms with E-state index in [1.54, 1.807) is 35.2 Å². The summed E-state index contributed by atoms with van der Waals surface area (Å²) < 4.78 is 33.2. The molecule has 176 valence electrons. The van der Waals surface area contributed by atoms with Crippen LogP contribution in [0.5, 0.6) is 5.88 Å². The van der Waals surface area contributed by atoms with Crippen LogP contribution in [0.15, 0.2) is 60.8 Å². The lowest BCUT2D eigenvalue weighted by Crippen LogP contribution is -2.42. The first-order valence-corrected chi connectivity index (χ1v) is 10.8. The number of urea groups is 1. The number of nitrogens with zero attached hydrogens (tertiary/aromatic N) is 4. The van der Waals surface area contributed by atoms with Crippen molar-refractivity contribution in [1.29, 1.82) is 0 Å². The lowest BCUT2D eigenvalue weighted by atomic mass is 9.98. The van der Waals surface area contributed by atoms with Gasteiger partial charge in [-0.3, -0.25) is 9.69 Å². The molecule has 1 N–H and O–H groups in total. The molecule has 2 aromatic carbocycles. The van der Waals surface area contributed by atoms with Crippen molar-refractivity contribution >= 4 is 29.8 Å². The topological polar surface area (TPSA) is 87.7 Å². The molecule has 1 aliphatic heterocycles. The number of nitrogens with one attached hydrogen (secondary N) is 1. The molecule has 3 aromatic rings. The second-order valence-electron chi connectivity index (χ2n) is 7.82. The van der Waals surface area contributed by atoms with E-state index in [2.05, 4.69) is 15.3 Å². The van der Waals surface area contributed by atoms with Gasteiger partial charge in [-0.05, 0) is 49.1 Å². The largest absolute Gasteiger partial charge is 0.475 e. The van der Waals surface area contributed by atoms with Gasteiger partial charge in [-0.1, -0.05) is 24.3 Å². The van der Waals surface area contributed by atoms with Gasteiger partial charge in [0.15, 0.2) is 0 Å². The highest BCUT2D eigenvalue weighted by molar-refractivity contribution is 5.89. The van der Waals surface area contributed by atoms with Gasteiger partial charge >= 0.3 is 6.03 Å². The van der Waals surface area contributed by atoms with E-state index in [0.717, 1.165) is 6.20 Å². The summed E-state index contributed by atoms with van der Waals surface area (Å²) in [4.78, 5) is 34.8. The highest BCUT2D eigenvalue weighted by atomic mass is 19.1. The Morgan fingerprint density at radius 3 is 2.62 bits per heavy atom. The summed E-state index contributed by atoms with van der Waals surface area (Å²) in [5, 5.41) is 2.68. The molecule has 8 nitrogen and oxygen atoms in total. The average molecular weight is 467 g/mol. The molecule has 10 heteroatoms. The van der Waals surface area contributed by atoms with Crippen molar-refractivity contribution in [2.24, 2.45) is 5.92 Å². The molecule has 0 atom stereocenters. The fourth-order valence-corrected chi connectivity index (χ4v) is 3.64. The van der Waals surface area contributed by atoms with Gasteiger partial charge in [0, 0.05) is 18.8 Å². The van der Waals surface area contributed by atoms with Crippen LogP contribution in [-0.4, -0.2) is 47.0 Å². The Bertz CT molecular complexity index is 1140. The van der Waals surface area contributed by atoms with Crippen molar-refractivity contribution in [2.45, 2.75) is 12.8 Å². The number of carbonyl (C=O) groups is 2. The standard InChI is InChI=1S/C24H23F2N5O3/c25-18-5-4-6-19(13-18)28-24(33)30-11-9-17(10-12-30)15-34-22-21(26)14-27-23(29-22)31(16-32)20-7-2-1-3-8-20/h1-8,13-14,16-17H,9-12,15H2,(H,28,33). The molecular formula is C24H23F2N5O3. The zero-order valence-corrected chi connectivity index (χ0v) is 18.2. The SMILES string of the molecule is O=CN(c1ccccc1)c1ncc(F)c(OCC2CCN(C(=O)Nc3cccc(F)c3)CC2)n1. The first-order chi connectivity index (χ1) is 16.5. The second-order valence-corrected chi connectivity index (χ2v) is 7.82. The Balaban J connectivity index is 1.32. The number of aromatic nitrogens is 2. The first kappa shape index (κ1) is 23.1. The summed E-state index contributed by atoms with van der Waals surface area (Å²) >= 11 is 0. The van der Waals surface area contributed by atoms with Gasteiger partial charge in [0.05, 0.1) is 18.5 Å². The maximum atomic E-state index is 14.3. The number of anilines is 3. The van der Waals surface area contributed by atoms with E-state index in [0.29, 0.717) is 43.7 Å². The van der Waals surface area contributed by atoms with Crippen LogP contribution >= 0.6 is 0 Å². The van der Waals surface area contributed by atoms with Gasteiger partial charge in [-0.2, -0.15) is 9.37 Å². The Labute approximate surface area is 195 Å². The van der Waals surface area contributed by atoms with Crippen molar-refractivity contribution in [3.63, 3.8) is 0 Å². The van der Waals surface area contributed by atoms with E-state index < -0.39 is 11.6 Å². The maximum Gasteiger partial charge on any atom is 0.321 e. The van der Waals surface area contributed by atoms with Crippen LogP contribution in [0.2, 0.25) is 0 Å². The minimum Gasteiger partial charge on any atom is -0.475 e. The normalized spacial score (nSPS) is 13.9. The number of halogens is 2. The summed E-state index contributed by atoms with van der Waals surface area (Å²) in [7, 11) is 0. The van der Waals surface area contributed by atoms with Crippen molar-refractivity contribution < 1.29 is 23.1 Å². The van der Waals surface area contributed by atoms with E-state index in [4.69, 9.17) is 4.74 Å². The minimum absolute atomic E-state index is 0.00133. The Morgan fingerprint density at radius 2 is 1.91 bits per heavy atom. The molecule has 4 rings (SSSR count). The van der Waals surface area contributed by atoms with Gasteiger partial charge in [0.1, 0.15) is 5.82 Å². The van der Waals surface area contributed by atoms with E-state index >= 15 is 0 Å². The second kappa shape index (κ2) is 10.7. The third-order valence-corrected chi connectivity index (χ3v) is 5.49. The third kappa shape index (κ3) is 5.64. The minimum atomic E-state index is -0.727. The molecule has 1 saturated heterocycles. The fraction of sp³-hybridized carbons (Fsp3) is 0.250. The molecule has 0 bridgehead atoms. The molecule has 2 heterocycles. The van der Waals surface area contributed by atoms with Crippen molar-refractivity contribution in [1.82, 2.24) is 14.9 Å². The number of hydrogen-bond donors (Lipinski definition) is 1. The number of hydrogen-bond acceptors (Lipinski definition) is 5. The number of carbonyl (C=O) groups excluding carboxylic acids is 2. The number of para-hydroxylation sites is 1. The molecule has 1 aromatic heterocycles. The number of ether oxygens (including phenoxy) is 1. The summed E-state index contributed by atoms with van der Waals surface area (Å²) in [6.45, 7) is 1.18. The molecule has 0 aliphatic carbocycles. The molecule has 0 unspecified atom stereocenters. The van der Waals surface area contributed by atoms with Crippen LogP contribution in [-0.2, 0) is 4.79 Å². The third-order valence-electron chi connectivity index (χ3n) is 5.49. The molecule has 0 saturated carbocycles.